The maximum atomic E-state index is 5.48. The maximum absolute atomic E-state index is 5.48. The van der Waals surface area contributed by atoms with E-state index in [2.05, 4.69) is 29.5 Å². The molecule has 0 spiro atoms. The second-order valence-electron chi connectivity index (χ2n) is 5.90. The van der Waals surface area contributed by atoms with E-state index in [4.69, 9.17) is 4.74 Å². The lowest BCUT2D eigenvalue weighted by Gasteiger charge is -2.03. The highest BCUT2D eigenvalue weighted by molar-refractivity contribution is 14.1. The summed E-state index contributed by atoms with van der Waals surface area (Å²) in [5.41, 5.74) is 0. The summed E-state index contributed by atoms with van der Waals surface area (Å²) in [7, 11) is 0. The molecule has 0 aliphatic rings. The van der Waals surface area contributed by atoms with E-state index in [1.807, 2.05) is 0 Å². The third-order valence-corrected chi connectivity index (χ3v) is 4.30. The molecule has 0 saturated carbocycles. The fraction of sp³-hybridized carbons (Fsp3) is 1.00. The first-order valence-corrected chi connectivity index (χ1v) is 10.6. The smallest absolute Gasteiger partial charge is 0.0555 e. The summed E-state index contributed by atoms with van der Waals surface area (Å²) in [6.07, 6.45) is 20.0. The number of hydrogen-bond acceptors (Lipinski definition) is 1. The lowest BCUT2D eigenvalue weighted by molar-refractivity contribution is 0.146. The molecule has 122 valence electrons. The van der Waals surface area contributed by atoms with E-state index >= 15 is 0 Å². The molecule has 0 radical (unpaired) electrons. The van der Waals surface area contributed by atoms with Crippen LogP contribution in [0.25, 0.3) is 0 Å². The van der Waals surface area contributed by atoms with Crippen molar-refractivity contribution in [1.29, 1.82) is 0 Å². The van der Waals surface area contributed by atoms with Crippen molar-refractivity contribution in [2.24, 2.45) is 0 Å². The van der Waals surface area contributed by atoms with E-state index in [1.165, 1.54) is 89.9 Å². The van der Waals surface area contributed by atoms with E-state index in [0.29, 0.717) is 0 Å². The number of alkyl halides is 1. The molecule has 0 aromatic carbocycles. The first kappa shape index (κ1) is 20.7. The monoisotopic (exact) mass is 396 g/mol. The van der Waals surface area contributed by atoms with Crippen LogP contribution < -0.4 is 0 Å². The van der Waals surface area contributed by atoms with Crippen molar-refractivity contribution in [3.05, 3.63) is 0 Å². The quantitative estimate of drug-likeness (QED) is 0.147. The molecular weight excluding hydrogens is 359 g/mol. The molecule has 0 amide bonds. The summed E-state index contributed by atoms with van der Waals surface area (Å²) in [5.74, 6) is 0. The molecule has 20 heavy (non-hydrogen) atoms. The van der Waals surface area contributed by atoms with Gasteiger partial charge >= 0.3 is 0 Å². The molecule has 0 fully saturated rings. The number of hydrogen-bond donors (Lipinski definition) is 0. The number of ether oxygens (including phenoxy) is 1. The van der Waals surface area contributed by atoms with Crippen molar-refractivity contribution in [2.75, 3.05) is 17.6 Å². The summed E-state index contributed by atoms with van der Waals surface area (Å²) in [4.78, 5) is 0. The summed E-state index contributed by atoms with van der Waals surface area (Å²) < 4.78 is 6.60. The van der Waals surface area contributed by atoms with Crippen LogP contribution in [0.1, 0.15) is 96.8 Å². The molecular formula is C18H37IO. The van der Waals surface area contributed by atoms with Crippen LogP contribution in [0.3, 0.4) is 0 Å². The summed E-state index contributed by atoms with van der Waals surface area (Å²) in [5, 5.41) is 0. The van der Waals surface area contributed by atoms with Crippen LogP contribution in [-0.4, -0.2) is 17.6 Å². The second kappa shape index (κ2) is 19.7. The topological polar surface area (TPSA) is 9.23 Å². The lowest BCUT2D eigenvalue weighted by Crippen LogP contribution is -1.97. The molecule has 1 nitrogen and oxygen atoms in total. The third-order valence-electron chi connectivity index (χ3n) is 3.86. The van der Waals surface area contributed by atoms with E-state index in [1.54, 1.807) is 0 Å². The Kier molecular flexibility index (Phi) is 20.4. The largest absolute Gasteiger partial charge is 0.381 e. The van der Waals surface area contributed by atoms with Crippen molar-refractivity contribution in [3.63, 3.8) is 0 Å². The zero-order chi connectivity index (χ0) is 14.7. The highest BCUT2D eigenvalue weighted by Gasteiger charge is 1.94. The van der Waals surface area contributed by atoms with Gasteiger partial charge in [-0.05, 0) is 6.42 Å². The highest BCUT2D eigenvalue weighted by Crippen LogP contribution is 2.12. The molecule has 0 unspecified atom stereocenters. The Morgan fingerprint density at radius 1 is 0.550 bits per heavy atom. The van der Waals surface area contributed by atoms with Crippen molar-refractivity contribution >= 4 is 22.6 Å². The molecule has 0 aromatic rings. The van der Waals surface area contributed by atoms with Gasteiger partial charge in [0.2, 0.25) is 0 Å². The Morgan fingerprint density at radius 2 is 0.950 bits per heavy atom. The SMILES string of the molecule is CCCCCCCCCCCCCCCCOCCI. The molecule has 0 saturated heterocycles. The zero-order valence-electron chi connectivity index (χ0n) is 13.8. The molecule has 2 heteroatoms. The summed E-state index contributed by atoms with van der Waals surface area (Å²) in [6, 6.07) is 0. The molecule has 0 heterocycles. The summed E-state index contributed by atoms with van der Waals surface area (Å²) >= 11 is 2.36. The van der Waals surface area contributed by atoms with Gasteiger partial charge in [-0.1, -0.05) is 113 Å². The Morgan fingerprint density at radius 3 is 1.35 bits per heavy atom. The van der Waals surface area contributed by atoms with Gasteiger partial charge < -0.3 is 4.74 Å². The van der Waals surface area contributed by atoms with Gasteiger partial charge in [-0.3, -0.25) is 0 Å². The van der Waals surface area contributed by atoms with Crippen LogP contribution in [0.2, 0.25) is 0 Å². The standard InChI is InChI=1S/C18H37IO/c1-2-3-4-5-6-7-8-9-10-11-12-13-14-15-17-20-18-16-19/h2-18H2,1H3. The first-order valence-electron chi connectivity index (χ1n) is 9.05. The van der Waals surface area contributed by atoms with Gasteiger partial charge in [0.25, 0.3) is 0 Å². The molecule has 0 N–H and O–H groups in total. The minimum Gasteiger partial charge on any atom is -0.381 e. The van der Waals surface area contributed by atoms with Crippen molar-refractivity contribution < 1.29 is 4.74 Å². The minimum absolute atomic E-state index is 0.930. The van der Waals surface area contributed by atoms with E-state index in [0.717, 1.165) is 17.6 Å². The van der Waals surface area contributed by atoms with Crippen LogP contribution in [0, 0.1) is 0 Å². The van der Waals surface area contributed by atoms with Gasteiger partial charge in [-0.15, -0.1) is 0 Å². The average molecular weight is 396 g/mol. The zero-order valence-corrected chi connectivity index (χ0v) is 16.0. The van der Waals surface area contributed by atoms with Gasteiger partial charge in [0, 0.05) is 11.0 Å². The van der Waals surface area contributed by atoms with E-state index < -0.39 is 0 Å². The predicted molar refractivity (Wildman–Crippen MR) is 100 cm³/mol. The molecule has 0 bridgehead atoms. The minimum atomic E-state index is 0.930. The lowest BCUT2D eigenvalue weighted by atomic mass is 10.0. The Bertz CT molecular complexity index is 143. The maximum Gasteiger partial charge on any atom is 0.0555 e. The predicted octanol–water partition coefficient (Wildman–Crippen LogP) is 6.92. The van der Waals surface area contributed by atoms with E-state index in [9.17, 15) is 0 Å². The molecule has 0 aromatic heterocycles. The van der Waals surface area contributed by atoms with Gasteiger partial charge in [0.05, 0.1) is 6.61 Å². The molecule has 0 rings (SSSR count). The molecule has 0 atom stereocenters. The Labute approximate surface area is 141 Å². The molecule has 0 aliphatic heterocycles. The average Bonchev–Trinajstić information content (AvgIpc) is 2.47. The first-order chi connectivity index (χ1) is 9.91. The van der Waals surface area contributed by atoms with Crippen molar-refractivity contribution in [1.82, 2.24) is 0 Å². The van der Waals surface area contributed by atoms with Crippen LogP contribution in [0.15, 0.2) is 0 Å². The Hall–Kier alpha value is 0.690. The van der Waals surface area contributed by atoms with Crippen LogP contribution in [0.4, 0.5) is 0 Å². The second-order valence-corrected chi connectivity index (χ2v) is 6.98. The fourth-order valence-corrected chi connectivity index (χ4v) is 2.87. The van der Waals surface area contributed by atoms with Gasteiger partial charge in [-0.25, -0.2) is 0 Å². The third kappa shape index (κ3) is 18.7. The fourth-order valence-electron chi connectivity index (χ4n) is 2.56. The van der Waals surface area contributed by atoms with Crippen LogP contribution in [0.5, 0.6) is 0 Å². The van der Waals surface area contributed by atoms with Gasteiger partial charge in [0.15, 0.2) is 0 Å². The van der Waals surface area contributed by atoms with Crippen LogP contribution >= 0.6 is 22.6 Å². The number of rotatable bonds is 17. The van der Waals surface area contributed by atoms with Gasteiger partial charge in [0.1, 0.15) is 0 Å². The van der Waals surface area contributed by atoms with Crippen molar-refractivity contribution in [2.45, 2.75) is 96.8 Å². The summed E-state index contributed by atoms with van der Waals surface area (Å²) in [6.45, 7) is 4.19. The number of unbranched alkanes of at least 4 members (excludes halogenated alkanes) is 13. The molecule has 0 aliphatic carbocycles. The normalized spacial score (nSPS) is 11.1. The van der Waals surface area contributed by atoms with Gasteiger partial charge in [-0.2, -0.15) is 0 Å². The highest BCUT2D eigenvalue weighted by atomic mass is 127. The van der Waals surface area contributed by atoms with Crippen LogP contribution in [-0.2, 0) is 4.74 Å². The Balaban J connectivity index is 2.89. The number of halogens is 1. The van der Waals surface area contributed by atoms with E-state index in [-0.39, 0.29) is 0 Å². The van der Waals surface area contributed by atoms with Crippen molar-refractivity contribution in [3.8, 4) is 0 Å².